The number of hydrogen-bond acceptors (Lipinski definition) is 7. The van der Waals surface area contributed by atoms with Crippen LogP contribution in [0.5, 0.6) is 5.88 Å². The number of nitrogens with one attached hydrogen (secondary N) is 2. The zero-order chi connectivity index (χ0) is 18.8. The van der Waals surface area contributed by atoms with Gasteiger partial charge in [-0.2, -0.15) is 13.9 Å². The number of ether oxygens (including phenoxy) is 2. The summed E-state index contributed by atoms with van der Waals surface area (Å²) >= 11 is 0. The largest absolute Gasteiger partial charge is 0.415 e. The zero-order valence-electron chi connectivity index (χ0n) is 14.6. The van der Waals surface area contributed by atoms with Gasteiger partial charge in [-0.05, 0) is 19.8 Å². The van der Waals surface area contributed by atoms with Crippen molar-refractivity contribution in [1.82, 2.24) is 29.9 Å². The quantitative estimate of drug-likeness (QED) is 0.679. The van der Waals surface area contributed by atoms with Crippen LogP contribution < -0.4 is 10.1 Å². The Kier molecular flexibility index (Phi) is 4.84. The van der Waals surface area contributed by atoms with Gasteiger partial charge in [-0.1, -0.05) is 0 Å². The molecule has 1 saturated heterocycles. The lowest BCUT2D eigenvalue weighted by Crippen LogP contribution is -2.26. The highest BCUT2D eigenvalue weighted by molar-refractivity contribution is 5.72. The third-order valence-electron chi connectivity index (χ3n) is 4.59. The van der Waals surface area contributed by atoms with Crippen LogP contribution in [0.25, 0.3) is 11.2 Å². The molecule has 0 spiro atoms. The Morgan fingerprint density at radius 1 is 1.41 bits per heavy atom. The molecule has 27 heavy (non-hydrogen) atoms. The van der Waals surface area contributed by atoms with Gasteiger partial charge >= 0.3 is 6.61 Å². The third kappa shape index (κ3) is 3.82. The van der Waals surface area contributed by atoms with E-state index in [9.17, 15) is 8.78 Å². The number of aromatic nitrogens is 6. The molecule has 1 aliphatic heterocycles. The van der Waals surface area contributed by atoms with E-state index in [1.54, 1.807) is 6.20 Å². The molecule has 0 amide bonds. The number of H-pyrrole nitrogens is 1. The Hall–Kier alpha value is -2.82. The molecule has 4 rings (SSSR count). The summed E-state index contributed by atoms with van der Waals surface area (Å²) in [7, 11) is 0. The predicted molar refractivity (Wildman–Crippen MR) is 92.1 cm³/mol. The van der Waals surface area contributed by atoms with Crippen LogP contribution in [0.1, 0.15) is 25.8 Å². The molecule has 2 N–H and O–H groups in total. The van der Waals surface area contributed by atoms with Crippen LogP contribution in [0.2, 0.25) is 0 Å². The molecule has 0 aliphatic carbocycles. The van der Waals surface area contributed by atoms with Gasteiger partial charge in [-0.3, -0.25) is 5.10 Å². The van der Waals surface area contributed by atoms with Crippen molar-refractivity contribution in [2.24, 2.45) is 5.92 Å². The normalized spacial score (nSPS) is 18.7. The molecule has 1 aliphatic rings. The number of rotatable bonds is 6. The van der Waals surface area contributed by atoms with E-state index < -0.39 is 6.61 Å². The van der Waals surface area contributed by atoms with Gasteiger partial charge in [0.1, 0.15) is 11.3 Å². The number of fused-ring (bicyclic) bond motifs is 1. The van der Waals surface area contributed by atoms with Crippen molar-refractivity contribution >= 4 is 22.8 Å². The Morgan fingerprint density at radius 2 is 2.30 bits per heavy atom. The third-order valence-corrected chi connectivity index (χ3v) is 4.59. The van der Waals surface area contributed by atoms with Gasteiger partial charge in [-0.25, -0.2) is 14.6 Å². The second kappa shape index (κ2) is 7.43. The summed E-state index contributed by atoms with van der Waals surface area (Å²) in [4.78, 5) is 8.92. The highest BCUT2D eigenvalue weighted by Gasteiger charge is 2.24. The molecule has 9 nitrogen and oxygen atoms in total. The molecule has 1 fully saturated rings. The summed E-state index contributed by atoms with van der Waals surface area (Å²) in [6.07, 6.45) is 5.33. The first-order valence-corrected chi connectivity index (χ1v) is 8.65. The molecule has 3 aromatic heterocycles. The van der Waals surface area contributed by atoms with Gasteiger partial charge in [-0.15, -0.1) is 5.10 Å². The van der Waals surface area contributed by atoms with Gasteiger partial charge in [0.2, 0.25) is 5.88 Å². The first-order chi connectivity index (χ1) is 13.1. The van der Waals surface area contributed by atoms with Crippen molar-refractivity contribution in [2.45, 2.75) is 32.4 Å². The topological polar surface area (TPSA) is 103 Å². The lowest BCUT2D eigenvalue weighted by molar-refractivity contribution is -0.0528. The van der Waals surface area contributed by atoms with Crippen LogP contribution in [0.15, 0.2) is 18.5 Å². The molecule has 0 bridgehead atoms. The smallest absolute Gasteiger partial charge is 0.388 e. The zero-order valence-corrected chi connectivity index (χ0v) is 14.6. The summed E-state index contributed by atoms with van der Waals surface area (Å²) in [5.41, 5.74) is 1.32. The summed E-state index contributed by atoms with van der Waals surface area (Å²) < 4.78 is 36.1. The van der Waals surface area contributed by atoms with Crippen LogP contribution in [0.3, 0.4) is 0 Å². The number of nitrogens with zero attached hydrogens (tertiary/aromatic N) is 5. The van der Waals surface area contributed by atoms with Gasteiger partial charge < -0.3 is 14.8 Å². The van der Waals surface area contributed by atoms with E-state index in [-0.39, 0.29) is 11.9 Å². The number of halogens is 2. The lowest BCUT2D eigenvalue weighted by atomic mass is 9.95. The van der Waals surface area contributed by atoms with Crippen molar-refractivity contribution in [3.8, 4) is 5.88 Å². The van der Waals surface area contributed by atoms with Crippen LogP contribution in [0, 0.1) is 5.92 Å². The van der Waals surface area contributed by atoms with E-state index in [0.29, 0.717) is 35.3 Å². The molecule has 0 saturated carbocycles. The first-order valence-electron chi connectivity index (χ1n) is 8.65. The van der Waals surface area contributed by atoms with Crippen molar-refractivity contribution in [3.05, 3.63) is 18.5 Å². The Morgan fingerprint density at radius 3 is 3.07 bits per heavy atom. The molecule has 0 radical (unpaired) electrons. The molecular weight excluding hydrogens is 360 g/mol. The number of anilines is 2. The fraction of sp³-hybridized carbons (Fsp3) is 0.500. The maximum atomic E-state index is 12.2. The van der Waals surface area contributed by atoms with Crippen LogP contribution >= 0.6 is 0 Å². The number of hydrogen-bond donors (Lipinski definition) is 2. The maximum absolute atomic E-state index is 12.2. The van der Waals surface area contributed by atoms with Gasteiger partial charge in [0.15, 0.2) is 11.5 Å². The highest BCUT2D eigenvalue weighted by atomic mass is 19.3. The average molecular weight is 379 g/mol. The molecule has 144 valence electrons. The minimum absolute atomic E-state index is 0.116. The van der Waals surface area contributed by atoms with E-state index in [4.69, 9.17) is 4.74 Å². The van der Waals surface area contributed by atoms with Gasteiger partial charge in [0, 0.05) is 18.6 Å². The second-order valence-electron chi connectivity index (χ2n) is 6.39. The highest BCUT2D eigenvalue weighted by Crippen LogP contribution is 2.28. The molecule has 0 unspecified atom stereocenters. The SMILES string of the molecule is C[C@H]([C@H]1CCCOC1)n1ncc2ncc(Nc3cc(OC(F)F)n[nH]3)nc21. The van der Waals surface area contributed by atoms with Gasteiger partial charge in [0.25, 0.3) is 0 Å². The monoisotopic (exact) mass is 379 g/mol. The number of alkyl halides is 2. The van der Waals surface area contributed by atoms with Crippen molar-refractivity contribution in [2.75, 3.05) is 18.5 Å². The summed E-state index contributed by atoms with van der Waals surface area (Å²) in [5, 5.41) is 13.6. The lowest BCUT2D eigenvalue weighted by Gasteiger charge is -2.27. The first kappa shape index (κ1) is 17.6. The number of aromatic amines is 1. The van der Waals surface area contributed by atoms with E-state index in [1.807, 2.05) is 4.68 Å². The standard InChI is InChI=1S/C16H19F2N7O2/c1-9(10-3-2-4-26-8-10)25-15-11(6-20-25)19-7-13(22-15)21-12-5-14(24-23-12)27-16(17)18/h5-7,9-10,16H,2-4,8H2,1H3,(H2,21,22,23,24)/t9-,10+/m1/s1. The van der Waals surface area contributed by atoms with E-state index in [2.05, 4.69) is 42.2 Å². The Labute approximate surface area is 153 Å². The maximum Gasteiger partial charge on any atom is 0.388 e. The van der Waals surface area contributed by atoms with Crippen LogP contribution in [-0.4, -0.2) is 49.8 Å². The molecule has 0 aromatic carbocycles. The van der Waals surface area contributed by atoms with Crippen molar-refractivity contribution in [1.29, 1.82) is 0 Å². The van der Waals surface area contributed by atoms with Crippen molar-refractivity contribution in [3.63, 3.8) is 0 Å². The minimum atomic E-state index is -2.93. The van der Waals surface area contributed by atoms with E-state index >= 15 is 0 Å². The van der Waals surface area contributed by atoms with Crippen LogP contribution in [-0.2, 0) is 4.74 Å². The van der Waals surface area contributed by atoms with E-state index in [0.717, 1.165) is 19.4 Å². The molecule has 3 aromatic rings. The minimum Gasteiger partial charge on any atom is -0.415 e. The molecule has 2 atom stereocenters. The fourth-order valence-corrected chi connectivity index (χ4v) is 3.18. The van der Waals surface area contributed by atoms with Crippen LogP contribution in [0.4, 0.5) is 20.4 Å². The molecule has 4 heterocycles. The van der Waals surface area contributed by atoms with Crippen molar-refractivity contribution < 1.29 is 18.3 Å². The predicted octanol–water partition coefficient (Wildman–Crippen LogP) is 2.88. The summed E-state index contributed by atoms with van der Waals surface area (Å²) in [6.45, 7) is 0.668. The summed E-state index contributed by atoms with van der Waals surface area (Å²) in [6, 6.07) is 1.43. The Balaban J connectivity index is 1.55. The van der Waals surface area contributed by atoms with Gasteiger partial charge in [0.05, 0.1) is 25.0 Å². The molecule has 11 heteroatoms. The molecular formula is C16H19F2N7O2. The van der Waals surface area contributed by atoms with E-state index in [1.165, 1.54) is 12.3 Å². The average Bonchev–Trinajstić information content (AvgIpc) is 3.28. The Bertz CT molecular complexity index is 907. The second-order valence-corrected chi connectivity index (χ2v) is 6.39. The fourth-order valence-electron chi connectivity index (χ4n) is 3.18. The summed E-state index contributed by atoms with van der Waals surface area (Å²) in [5.74, 6) is 0.946.